The Bertz CT molecular complexity index is 1400. The first-order chi connectivity index (χ1) is 34.8. The van der Waals surface area contributed by atoms with Crippen LogP contribution in [0.1, 0.15) is 412 Å². The Morgan fingerprint density at radius 2 is 0.549 bits per heavy atom. The van der Waals surface area contributed by atoms with Crippen molar-refractivity contribution in [1.82, 2.24) is 0 Å². The molecule has 0 aromatic rings. The second-order valence-corrected chi connectivity index (χ2v) is 41.6. The van der Waals surface area contributed by atoms with E-state index >= 15 is 0 Å². The quantitative estimate of drug-likeness (QED) is 0.249. The zero-order chi connectivity index (χ0) is 69.5. The van der Waals surface area contributed by atoms with Crippen LogP contribution in [-0.2, 0) is 0 Å². The standard InChI is InChI=1S/C11H24.2C10H22.3C9H20.C8H16.2C8H18/c1-9(2,3)11(7,8)10(4,5)6;1-8(9(2,3)4)10(5,6)7;1-8(2)10(6,7)9(3,4)5;1-7-9(5,6)8(2,3)4;1-7(2)8(3)9(4,5)6;1-7(2)9(5,6)8(3)4;1-2-8-6-4-3-5-7-8;2*1-7(2,3)8(4,5)6/h1-8H3;2*8H,1-7H3;7H2,1-6H3;2*7-8H,1-6H3;8H,2-7H2,1H3;2*1-6H3/t;;;;8-;;;;/m....1..../s1. The zero-order valence-electron chi connectivity index (χ0n) is 69.5. The molecule has 0 nitrogen and oxygen atoms in total. The van der Waals surface area contributed by atoms with Crippen LogP contribution in [0.2, 0.25) is 0 Å². The molecule has 0 bridgehead atoms. The van der Waals surface area contributed by atoms with Crippen LogP contribution in [0.4, 0.5) is 0 Å². The Morgan fingerprint density at radius 1 is 0.293 bits per heavy atom. The smallest absolute Gasteiger partial charge is 0.0257 e. The van der Waals surface area contributed by atoms with Gasteiger partial charge in [0.15, 0.2) is 0 Å². The van der Waals surface area contributed by atoms with Crippen molar-refractivity contribution in [3.8, 4) is 0 Å². The summed E-state index contributed by atoms with van der Waals surface area (Å²) < 4.78 is 0. The number of hydrogen-bond donors (Lipinski definition) is 0. The van der Waals surface area contributed by atoms with E-state index in [2.05, 4.69) is 367 Å². The largest absolute Gasteiger partial charge is 0.0651 e. The highest BCUT2D eigenvalue weighted by molar-refractivity contribution is 4.92. The molecule has 1 fully saturated rings. The van der Waals surface area contributed by atoms with Crippen molar-refractivity contribution in [2.75, 3.05) is 0 Å². The predicted molar refractivity (Wildman–Crippen MR) is 394 cm³/mol. The molecule has 1 saturated carbocycles. The molecule has 82 heavy (non-hydrogen) atoms. The van der Waals surface area contributed by atoms with Crippen molar-refractivity contribution >= 4 is 0 Å². The fourth-order valence-corrected chi connectivity index (χ4v) is 7.08. The third-order valence-corrected chi connectivity index (χ3v) is 24.8. The molecule has 0 aromatic carbocycles. The van der Waals surface area contributed by atoms with Gasteiger partial charge in [0.1, 0.15) is 0 Å². The van der Waals surface area contributed by atoms with Gasteiger partial charge in [0.2, 0.25) is 0 Å². The van der Waals surface area contributed by atoms with E-state index in [1.165, 1.54) is 44.9 Å². The van der Waals surface area contributed by atoms with E-state index in [4.69, 9.17) is 0 Å². The number of rotatable bonds is 6. The van der Waals surface area contributed by atoms with E-state index in [-0.39, 0.29) is 0 Å². The van der Waals surface area contributed by atoms with Crippen molar-refractivity contribution in [1.29, 1.82) is 0 Å². The van der Waals surface area contributed by atoms with Crippen LogP contribution in [0.15, 0.2) is 0 Å². The fourth-order valence-electron chi connectivity index (χ4n) is 7.08. The minimum Gasteiger partial charge on any atom is -0.0651 e. The molecule has 1 rings (SSSR count). The Hall–Kier alpha value is 0. The summed E-state index contributed by atoms with van der Waals surface area (Å²) in [5.74, 6) is 5.81. The molecule has 0 heteroatoms. The molecule has 508 valence electrons. The molecule has 0 amide bonds. The first-order valence-electron chi connectivity index (χ1n) is 34.8. The van der Waals surface area contributed by atoms with Crippen molar-refractivity contribution in [3.63, 3.8) is 0 Å². The van der Waals surface area contributed by atoms with Gasteiger partial charge in [-0.3, -0.25) is 0 Å². The summed E-state index contributed by atoms with van der Waals surface area (Å²) in [6.45, 7) is 122. The molecule has 1 aliphatic carbocycles. The zero-order valence-corrected chi connectivity index (χ0v) is 69.5. The van der Waals surface area contributed by atoms with Crippen LogP contribution >= 0.6 is 0 Å². The lowest BCUT2D eigenvalue weighted by molar-refractivity contribution is 0.00575. The van der Waals surface area contributed by atoms with E-state index in [1.807, 2.05) is 0 Å². The normalized spacial score (nSPS) is 15.4. The van der Waals surface area contributed by atoms with E-state index in [0.717, 1.165) is 41.4 Å². The van der Waals surface area contributed by atoms with Crippen LogP contribution in [0, 0.1) is 123 Å². The highest BCUT2D eigenvalue weighted by atomic mass is 14.5. The maximum Gasteiger partial charge on any atom is -0.0257 e. The Morgan fingerprint density at radius 3 is 0.585 bits per heavy atom. The minimum atomic E-state index is 0.375. The van der Waals surface area contributed by atoms with E-state index in [9.17, 15) is 0 Å². The molecule has 1 aliphatic rings. The molecular weight excluding hydrogens is 985 g/mol. The molecule has 0 N–H and O–H groups in total. The van der Waals surface area contributed by atoms with E-state index in [0.29, 0.717) is 81.2 Å². The van der Waals surface area contributed by atoms with Gasteiger partial charge in [0.05, 0.1) is 0 Å². The van der Waals surface area contributed by atoms with Crippen molar-refractivity contribution < 1.29 is 0 Å². The predicted octanol–water partition coefficient (Wildman–Crippen LogP) is 30.8. The summed E-state index contributed by atoms with van der Waals surface area (Å²) in [6.07, 6.45) is 10.2. The van der Waals surface area contributed by atoms with Gasteiger partial charge in [-0.05, 0) is 123 Å². The average Bonchev–Trinajstić information content (AvgIpc) is 3.21. The van der Waals surface area contributed by atoms with E-state index < -0.39 is 0 Å². The van der Waals surface area contributed by atoms with Gasteiger partial charge in [-0.15, -0.1) is 0 Å². The molecule has 1 atom stereocenters. The van der Waals surface area contributed by atoms with Crippen molar-refractivity contribution in [2.24, 2.45) is 123 Å². The summed E-state index contributed by atoms with van der Waals surface area (Å²) in [5.41, 5.74) is 6.53. The maximum atomic E-state index is 2.35. The molecule has 0 saturated heterocycles. The monoisotopic (exact) mass is 1170 g/mol. The molecule has 0 unspecified atom stereocenters. The van der Waals surface area contributed by atoms with Crippen LogP contribution in [0.25, 0.3) is 0 Å². The summed E-state index contributed by atoms with van der Waals surface area (Å²) in [7, 11) is 0. The van der Waals surface area contributed by atoms with Gasteiger partial charge < -0.3 is 0 Å². The van der Waals surface area contributed by atoms with Gasteiger partial charge in [-0.25, -0.2) is 0 Å². The third-order valence-electron chi connectivity index (χ3n) is 24.8. The third kappa shape index (κ3) is 43.6. The van der Waals surface area contributed by atoms with E-state index in [1.54, 1.807) is 0 Å². The second-order valence-electron chi connectivity index (χ2n) is 41.6. The van der Waals surface area contributed by atoms with Crippen molar-refractivity contribution in [2.45, 2.75) is 412 Å². The summed E-state index contributed by atoms with van der Waals surface area (Å²) >= 11 is 0. The summed E-state index contributed by atoms with van der Waals surface area (Å²) in [5, 5.41) is 0. The SMILES string of the molecule is CC(C(C)(C)C)C(C)(C)C.CC(C)(C)C(C)(C)C.CC(C)(C)C(C)(C)C.CC(C)(C)C(C)(C)C(C)(C)C.CC(C)C(C)(C)C(C)(C)C.CC(C)C(C)(C)C(C)C.CC(C)[C@@H](C)C(C)(C)C.CCC(C)(C)C(C)(C)C.CCC1CCCCC1. The van der Waals surface area contributed by atoms with Gasteiger partial charge in [0, 0.05) is 0 Å². The van der Waals surface area contributed by atoms with Crippen LogP contribution < -0.4 is 0 Å². The topological polar surface area (TPSA) is 0 Å². The first kappa shape index (κ1) is 98.2. The highest BCUT2D eigenvalue weighted by Gasteiger charge is 2.42. The lowest BCUT2D eigenvalue weighted by Gasteiger charge is -2.49. The fraction of sp³-hybridized carbons (Fsp3) is 1.00. The highest BCUT2D eigenvalue weighted by Crippen LogP contribution is 2.51. The maximum absolute atomic E-state index is 2.35. The second kappa shape index (κ2) is 37.2. The van der Waals surface area contributed by atoms with Crippen LogP contribution in [0.5, 0.6) is 0 Å². The molecule has 0 radical (unpaired) electrons. The van der Waals surface area contributed by atoms with Crippen LogP contribution in [0.3, 0.4) is 0 Å². The average molecular weight is 1170 g/mol. The lowest BCUT2D eigenvalue weighted by atomic mass is 9.56. The van der Waals surface area contributed by atoms with Gasteiger partial charge in [-0.1, -0.05) is 412 Å². The first-order valence-corrected chi connectivity index (χ1v) is 34.8. The minimum absolute atomic E-state index is 0.375. The van der Waals surface area contributed by atoms with Gasteiger partial charge >= 0.3 is 0 Å². The molecular formula is C82H180. The van der Waals surface area contributed by atoms with Crippen molar-refractivity contribution in [3.05, 3.63) is 0 Å². The molecule has 0 aliphatic heterocycles. The summed E-state index contributed by atoms with van der Waals surface area (Å²) in [4.78, 5) is 0. The molecule has 0 aromatic heterocycles. The summed E-state index contributed by atoms with van der Waals surface area (Å²) in [6, 6.07) is 0. The van der Waals surface area contributed by atoms with Gasteiger partial charge in [0.25, 0.3) is 0 Å². The number of hydrogen-bond acceptors (Lipinski definition) is 0. The Kier molecular flexibility index (Phi) is 44.6. The van der Waals surface area contributed by atoms with Crippen LogP contribution in [-0.4, -0.2) is 0 Å². The lowest BCUT2D eigenvalue weighted by Crippen LogP contribution is -2.41. The van der Waals surface area contributed by atoms with Gasteiger partial charge in [-0.2, -0.15) is 0 Å². The molecule has 0 spiro atoms. The molecule has 0 heterocycles. The Labute approximate surface area is 531 Å². The Balaban J connectivity index is -0.000000125.